The Bertz CT molecular complexity index is 1270. The van der Waals surface area contributed by atoms with E-state index < -0.39 is 5.91 Å². The molecule has 1 amide bonds. The van der Waals surface area contributed by atoms with Gasteiger partial charge in [0, 0.05) is 41.8 Å². The summed E-state index contributed by atoms with van der Waals surface area (Å²) in [4.78, 5) is 45.9. The SMILES string of the molecule is CC(C)n1cc(C(=O)c2cncc(NC(=O)c3ncncc3Br)c2)c2cncnc21. The molecule has 4 heterocycles. The molecule has 0 saturated heterocycles. The van der Waals surface area contributed by atoms with E-state index in [4.69, 9.17) is 0 Å². The molecular formula is C20H16BrN7O2. The molecule has 9 nitrogen and oxygen atoms in total. The number of anilines is 1. The number of fused-ring (bicyclic) bond motifs is 1. The lowest BCUT2D eigenvalue weighted by atomic mass is 10.1. The monoisotopic (exact) mass is 465 g/mol. The lowest BCUT2D eigenvalue weighted by molar-refractivity contribution is 0.101. The zero-order chi connectivity index (χ0) is 21.3. The van der Waals surface area contributed by atoms with Crippen molar-refractivity contribution in [2.24, 2.45) is 0 Å². The number of nitrogens with one attached hydrogen (secondary N) is 1. The number of hydrogen-bond donors (Lipinski definition) is 1. The molecule has 0 fully saturated rings. The quantitative estimate of drug-likeness (QED) is 0.448. The van der Waals surface area contributed by atoms with Gasteiger partial charge in [-0.3, -0.25) is 14.6 Å². The van der Waals surface area contributed by atoms with E-state index in [9.17, 15) is 9.59 Å². The van der Waals surface area contributed by atoms with Gasteiger partial charge in [-0.25, -0.2) is 19.9 Å². The Morgan fingerprint density at radius 2 is 1.80 bits per heavy atom. The van der Waals surface area contributed by atoms with E-state index in [0.29, 0.717) is 32.3 Å². The van der Waals surface area contributed by atoms with E-state index in [1.807, 2.05) is 18.4 Å². The smallest absolute Gasteiger partial charge is 0.275 e. The van der Waals surface area contributed by atoms with Gasteiger partial charge in [-0.2, -0.15) is 0 Å². The summed E-state index contributed by atoms with van der Waals surface area (Å²) in [6.45, 7) is 4.03. The zero-order valence-corrected chi connectivity index (χ0v) is 17.7. The molecule has 0 aliphatic heterocycles. The number of amides is 1. The van der Waals surface area contributed by atoms with Crippen LogP contribution in [0.1, 0.15) is 46.3 Å². The third-order valence-electron chi connectivity index (χ3n) is 4.44. The topological polar surface area (TPSA) is 116 Å². The fraction of sp³-hybridized carbons (Fsp3) is 0.150. The van der Waals surface area contributed by atoms with Crippen molar-refractivity contribution in [3.05, 3.63) is 71.0 Å². The van der Waals surface area contributed by atoms with Crippen LogP contribution in [0, 0.1) is 0 Å². The molecule has 0 aliphatic carbocycles. The first-order chi connectivity index (χ1) is 14.5. The van der Waals surface area contributed by atoms with Gasteiger partial charge >= 0.3 is 0 Å². The molecule has 4 aromatic heterocycles. The van der Waals surface area contributed by atoms with Crippen molar-refractivity contribution in [3.63, 3.8) is 0 Å². The van der Waals surface area contributed by atoms with Crippen molar-refractivity contribution in [1.29, 1.82) is 0 Å². The van der Waals surface area contributed by atoms with Crippen molar-refractivity contribution in [1.82, 2.24) is 29.5 Å². The largest absolute Gasteiger partial charge is 0.329 e. The number of nitrogens with zero attached hydrogens (tertiary/aromatic N) is 6. The van der Waals surface area contributed by atoms with Crippen LogP contribution in [0.4, 0.5) is 5.69 Å². The Hall–Kier alpha value is -3.53. The molecule has 150 valence electrons. The van der Waals surface area contributed by atoms with Gasteiger partial charge in [0.25, 0.3) is 5.91 Å². The highest BCUT2D eigenvalue weighted by molar-refractivity contribution is 9.10. The van der Waals surface area contributed by atoms with Gasteiger partial charge in [-0.05, 0) is 35.8 Å². The fourth-order valence-corrected chi connectivity index (χ4v) is 3.42. The number of aromatic nitrogens is 6. The molecule has 1 N–H and O–H groups in total. The maximum atomic E-state index is 13.2. The molecule has 30 heavy (non-hydrogen) atoms. The second-order valence-corrected chi connectivity index (χ2v) is 7.62. The molecule has 0 saturated carbocycles. The summed E-state index contributed by atoms with van der Waals surface area (Å²) < 4.78 is 2.39. The predicted molar refractivity (Wildman–Crippen MR) is 113 cm³/mol. The third kappa shape index (κ3) is 3.69. The Morgan fingerprint density at radius 1 is 1.03 bits per heavy atom. The number of halogens is 1. The summed E-state index contributed by atoms with van der Waals surface area (Å²) in [5.41, 5.74) is 2.05. The first kappa shape index (κ1) is 19.8. The minimum Gasteiger partial charge on any atom is -0.329 e. The van der Waals surface area contributed by atoms with Crippen molar-refractivity contribution in [2.75, 3.05) is 5.32 Å². The average molecular weight is 466 g/mol. The summed E-state index contributed by atoms with van der Waals surface area (Å²) in [7, 11) is 0. The van der Waals surface area contributed by atoms with Crippen LogP contribution in [0.2, 0.25) is 0 Å². The second kappa shape index (κ2) is 8.07. The fourth-order valence-electron chi connectivity index (χ4n) is 3.02. The van der Waals surface area contributed by atoms with Crippen LogP contribution >= 0.6 is 15.9 Å². The van der Waals surface area contributed by atoms with Crippen LogP contribution in [0.15, 0.2) is 54.2 Å². The average Bonchev–Trinajstić information content (AvgIpc) is 3.14. The van der Waals surface area contributed by atoms with Gasteiger partial charge in [-0.1, -0.05) is 0 Å². The maximum Gasteiger partial charge on any atom is 0.275 e. The summed E-state index contributed by atoms with van der Waals surface area (Å²) >= 11 is 3.25. The number of hydrogen-bond acceptors (Lipinski definition) is 7. The third-order valence-corrected chi connectivity index (χ3v) is 5.02. The minimum atomic E-state index is -0.444. The minimum absolute atomic E-state index is 0.124. The molecule has 4 rings (SSSR count). The summed E-state index contributed by atoms with van der Waals surface area (Å²) in [5.74, 6) is -0.679. The van der Waals surface area contributed by atoms with Gasteiger partial charge in [0.2, 0.25) is 0 Å². The highest BCUT2D eigenvalue weighted by Crippen LogP contribution is 2.25. The van der Waals surface area contributed by atoms with Crippen LogP contribution in [0.3, 0.4) is 0 Å². The molecule has 0 unspecified atom stereocenters. The van der Waals surface area contributed by atoms with Crippen LogP contribution < -0.4 is 5.32 Å². The Morgan fingerprint density at radius 3 is 2.57 bits per heavy atom. The van der Waals surface area contributed by atoms with Crippen molar-refractivity contribution in [2.45, 2.75) is 19.9 Å². The number of carbonyl (C=O) groups excluding carboxylic acids is 2. The standard InChI is InChI=1S/C20H16BrN7O2/c1-11(2)28-8-15(14-6-23-10-26-19(14)28)18(29)12-3-13(5-22-4-12)27-20(30)17-16(21)7-24-9-25-17/h3-11H,1-2H3,(H,27,30). The van der Waals surface area contributed by atoms with Crippen LogP contribution in [-0.2, 0) is 0 Å². The molecule has 0 radical (unpaired) electrons. The van der Waals surface area contributed by atoms with Gasteiger partial charge in [0.15, 0.2) is 5.78 Å². The zero-order valence-electron chi connectivity index (χ0n) is 16.1. The van der Waals surface area contributed by atoms with E-state index in [-0.39, 0.29) is 17.5 Å². The highest BCUT2D eigenvalue weighted by Gasteiger charge is 2.20. The molecule has 0 atom stereocenters. The van der Waals surface area contributed by atoms with Crippen LogP contribution in [0.5, 0.6) is 0 Å². The molecule has 10 heteroatoms. The Kier molecular flexibility index (Phi) is 5.32. The summed E-state index contributed by atoms with van der Waals surface area (Å²) in [6, 6.07) is 1.70. The second-order valence-electron chi connectivity index (χ2n) is 6.77. The number of carbonyl (C=O) groups is 2. The van der Waals surface area contributed by atoms with E-state index in [1.165, 1.54) is 31.2 Å². The van der Waals surface area contributed by atoms with E-state index in [1.54, 1.807) is 18.5 Å². The molecule has 0 bridgehead atoms. The van der Waals surface area contributed by atoms with Gasteiger partial charge in [0.05, 0.1) is 21.9 Å². The van der Waals surface area contributed by atoms with Crippen LogP contribution in [-0.4, -0.2) is 41.2 Å². The van der Waals surface area contributed by atoms with Crippen molar-refractivity contribution >= 4 is 44.3 Å². The number of ketones is 1. The summed E-state index contributed by atoms with van der Waals surface area (Å²) in [5, 5.41) is 3.37. The molecule has 0 aromatic carbocycles. The lowest BCUT2D eigenvalue weighted by Crippen LogP contribution is -2.15. The molecule has 4 aromatic rings. The molecule has 0 spiro atoms. The number of pyridine rings is 1. The molecule has 0 aliphatic rings. The van der Waals surface area contributed by atoms with Gasteiger partial charge in [-0.15, -0.1) is 0 Å². The predicted octanol–water partition coefficient (Wildman–Crippen LogP) is 3.44. The summed E-state index contributed by atoms with van der Waals surface area (Å²) in [6.07, 6.45) is 10.5. The first-order valence-electron chi connectivity index (χ1n) is 9.03. The van der Waals surface area contributed by atoms with Gasteiger partial charge < -0.3 is 9.88 Å². The Balaban J connectivity index is 1.66. The van der Waals surface area contributed by atoms with E-state index in [2.05, 4.69) is 46.2 Å². The number of rotatable bonds is 5. The lowest BCUT2D eigenvalue weighted by Gasteiger charge is -2.07. The van der Waals surface area contributed by atoms with E-state index >= 15 is 0 Å². The van der Waals surface area contributed by atoms with Gasteiger partial charge in [0.1, 0.15) is 24.0 Å². The van der Waals surface area contributed by atoms with Crippen LogP contribution in [0.25, 0.3) is 11.0 Å². The highest BCUT2D eigenvalue weighted by atomic mass is 79.9. The van der Waals surface area contributed by atoms with Crippen molar-refractivity contribution < 1.29 is 9.59 Å². The maximum absolute atomic E-state index is 13.2. The Labute approximate surface area is 179 Å². The first-order valence-corrected chi connectivity index (χ1v) is 9.82. The van der Waals surface area contributed by atoms with E-state index in [0.717, 1.165) is 0 Å². The van der Waals surface area contributed by atoms with Crippen molar-refractivity contribution in [3.8, 4) is 0 Å². The normalized spacial score (nSPS) is 11.1. The molecular weight excluding hydrogens is 450 g/mol.